The van der Waals surface area contributed by atoms with Crippen LogP contribution in [-0.2, 0) is 9.53 Å². The minimum Gasteiger partial charge on any atom is -0.496 e. The molecule has 0 saturated carbocycles. The van der Waals surface area contributed by atoms with Gasteiger partial charge in [-0.3, -0.25) is 0 Å². The molecule has 1 rings (SSSR count). The molecule has 0 fully saturated rings. The molecule has 1 atom stereocenters. The zero-order valence-corrected chi connectivity index (χ0v) is 8.06. The van der Waals surface area contributed by atoms with Crippen molar-refractivity contribution in [2.24, 2.45) is 0 Å². The summed E-state index contributed by atoms with van der Waals surface area (Å²) >= 11 is 0. The van der Waals surface area contributed by atoms with Crippen LogP contribution in [0.1, 0.15) is 11.7 Å². The molecule has 0 bridgehead atoms. The van der Waals surface area contributed by atoms with Crippen molar-refractivity contribution in [3.05, 3.63) is 29.8 Å². The highest BCUT2D eigenvalue weighted by molar-refractivity contribution is 5.75. The molecule has 0 saturated heterocycles. The molecule has 0 aliphatic heterocycles. The molecule has 76 valence electrons. The third-order valence-electron chi connectivity index (χ3n) is 1.88. The van der Waals surface area contributed by atoms with Gasteiger partial charge in [-0.1, -0.05) is 18.2 Å². The first-order valence-corrected chi connectivity index (χ1v) is 4.09. The molecule has 0 amide bonds. The molecule has 0 spiro atoms. The van der Waals surface area contributed by atoms with Crippen molar-refractivity contribution in [3.8, 4) is 5.75 Å². The Labute approximate surface area is 82.1 Å². The molecule has 4 nitrogen and oxygen atoms in total. The van der Waals surface area contributed by atoms with E-state index in [-0.39, 0.29) is 0 Å². The van der Waals surface area contributed by atoms with E-state index >= 15 is 0 Å². The lowest BCUT2D eigenvalue weighted by Gasteiger charge is -2.13. The average molecular weight is 196 g/mol. The zero-order chi connectivity index (χ0) is 10.6. The summed E-state index contributed by atoms with van der Waals surface area (Å²) in [5, 5.41) is 8.87. The summed E-state index contributed by atoms with van der Waals surface area (Å²) in [4.78, 5) is 10.8. The summed E-state index contributed by atoms with van der Waals surface area (Å²) in [7, 11) is 2.85. The highest BCUT2D eigenvalue weighted by Gasteiger charge is 2.22. The van der Waals surface area contributed by atoms with Crippen molar-refractivity contribution in [2.45, 2.75) is 6.10 Å². The van der Waals surface area contributed by atoms with Crippen LogP contribution in [0.25, 0.3) is 0 Å². The summed E-state index contributed by atoms with van der Waals surface area (Å²) in [6, 6.07) is 6.88. The molecule has 0 aromatic heterocycles. The van der Waals surface area contributed by atoms with Gasteiger partial charge in [0.15, 0.2) is 6.10 Å². The molecule has 0 aliphatic carbocycles. The lowest BCUT2D eigenvalue weighted by atomic mass is 10.1. The van der Waals surface area contributed by atoms with Gasteiger partial charge in [0.05, 0.1) is 7.11 Å². The quantitative estimate of drug-likeness (QED) is 0.792. The first kappa shape index (κ1) is 10.5. The van der Waals surface area contributed by atoms with Gasteiger partial charge in [-0.2, -0.15) is 0 Å². The van der Waals surface area contributed by atoms with Crippen LogP contribution in [0.3, 0.4) is 0 Å². The second-order valence-electron chi connectivity index (χ2n) is 2.70. The largest absolute Gasteiger partial charge is 0.496 e. The maximum Gasteiger partial charge on any atom is 0.337 e. The normalized spacial score (nSPS) is 12.1. The van der Waals surface area contributed by atoms with Gasteiger partial charge >= 0.3 is 5.97 Å². The number of benzene rings is 1. The zero-order valence-electron chi connectivity index (χ0n) is 8.06. The van der Waals surface area contributed by atoms with Crippen molar-refractivity contribution >= 4 is 5.97 Å². The van der Waals surface area contributed by atoms with Gasteiger partial charge in [0, 0.05) is 12.7 Å². The Morgan fingerprint density at radius 3 is 2.50 bits per heavy atom. The highest BCUT2D eigenvalue weighted by atomic mass is 16.5. The third-order valence-corrected chi connectivity index (χ3v) is 1.88. The van der Waals surface area contributed by atoms with E-state index < -0.39 is 12.1 Å². The Bertz CT molecular complexity index is 322. The number of carbonyl (C=O) groups is 1. The predicted octanol–water partition coefficient (Wildman–Crippen LogP) is 1.47. The fourth-order valence-electron chi connectivity index (χ4n) is 1.24. The smallest absolute Gasteiger partial charge is 0.337 e. The van der Waals surface area contributed by atoms with Crippen molar-refractivity contribution in [3.63, 3.8) is 0 Å². The predicted molar refractivity (Wildman–Crippen MR) is 50.4 cm³/mol. The Kier molecular flexibility index (Phi) is 3.48. The Morgan fingerprint density at radius 2 is 2.00 bits per heavy atom. The number of para-hydroxylation sites is 1. The average Bonchev–Trinajstić information content (AvgIpc) is 2.19. The van der Waals surface area contributed by atoms with Gasteiger partial charge in [-0.15, -0.1) is 0 Å². The standard InChI is InChI=1S/C10H12O4/c1-13-8-6-4-3-5-7(8)9(14-2)10(11)12/h3-6,9H,1-2H3,(H,11,12)/t9-/m0/s1. The van der Waals surface area contributed by atoms with Crippen LogP contribution in [0.2, 0.25) is 0 Å². The number of carboxylic acid groups (broad SMARTS) is 1. The summed E-state index contributed by atoms with van der Waals surface area (Å²) in [5.41, 5.74) is 0.519. The second kappa shape index (κ2) is 4.62. The number of methoxy groups -OCH3 is 2. The fourth-order valence-corrected chi connectivity index (χ4v) is 1.24. The van der Waals surface area contributed by atoms with Crippen molar-refractivity contribution in [1.82, 2.24) is 0 Å². The number of carboxylic acids is 1. The Hall–Kier alpha value is -1.55. The van der Waals surface area contributed by atoms with Crippen molar-refractivity contribution < 1.29 is 19.4 Å². The van der Waals surface area contributed by atoms with Crippen LogP contribution in [-0.4, -0.2) is 25.3 Å². The lowest BCUT2D eigenvalue weighted by molar-refractivity contribution is -0.149. The van der Waals surface area contributed by atoms with Crippen LogP contribution >= 0.6 is 0 Å². The van der Waals surface area contributed by atoms with Crippen LogP contribution in [0, 0.1) is 0 Å². The maximum atomic E-state index is 10.8. The van der Waals surface area contributed by atoms with E-state index in [1.165, 1.54) is 14.2 Å². The van der Waals surface area contributed by atoms with Gasteiger partial charge in [0.2, 0.25) is 0 Å². The molecular formula is C10H12O4. The Balaban J connectivity index is 3.08. The van der Waals surface area contributed by atoms with Gasteiger partial charge in [0.1, 0.15) is 5.75 Å². The highest BCUT2D eigenvalue weighted by Crippen LogP contribution is 2.26. The molecule has 1 aromatic carbocycles. The monoisotopic (exact) mass is 196 g/mol. The molecule has 0 heterocycles. The molecular weight excluding hydrogens is 184 g/mol. The molecule has 0 aliphatic rings. The summed E-state index contributed by atoms with van der Waals surface area (Å²) < 4.78 is 9.90. The molecule has 1 aromatic rings. The molecule has 14 heavy (non-hydrogen) atoms. The van der Waals surface area contributed by atoms with E-state index in [2.05, 4.69) is 0 Å². The molecule has 0 unspecified atom stereocenters. The topological polar surface area (TPSA) is 55.8 Å². The molecule has 1 N–H and O–H groups in total. The number of ether oxygens (including phenoxy) is 2. The SMILES string of the molecule is COc1ccccc1[C@H](OC)C(=O)O. The first-order chi connectivity index (χ1) is 6.70. The van der Waals surface area contributed by atoms with E-state index in [4.69, 9.17) is 14.6 Å². The second-order valence-corrected chi connectivity index (χ2v) is 2.70. The number of rotatable bonds is 4. The van der Waals surface area contributed by atoms with Gasteiger partial charge < -0.3 is 14.6 Å². The maximum absolute atomic E-state index is 10.8. The Morgan fingerprint density at radius 1 is 1.36 bits per heavy atom. The third kappa shape index (κ3) is 2.03. The van der Waals surface area contributed by atoms with Crippen molar-refractivity contribution in [2.75, 3.05) is 14.2 Å². The number of hydrogen-bond acceptors (Lipinski definition) is 3. The van der Waals surface area contributed by atoms with Crippen LogP contribution in [0.15, 0.2) is 24.3 Å². The first-order valence-electron chi connectivity index (χ1n) is 4.09. The lowest BCUT2D eigenvalue weighted by Crippen LogP contribution is -2.14. The minimum atomic E-state index is -1.03. The number of hydrogen-bond donors (Lipinski definition) is 1. The minimum absolute atomic E-state index is 0.516. The molecule has 0 radical (unpaired) electrons. The summed E-state index contributed by atoms with van der Waals surface area (Å²) in [6.07, 6.45) is -0.980. The fraction of sp³-hybridized carbons (Fsp3) is 0.300. The van der Waals surface area contributed by atoms with Crippen LogP contribution < -0.4 is 4.74 Å². The summed E-state index contributed by atoms with van der Waals surface area (Å²) in [5.74, 6) is -0.515. The van der Waals surface area contributed by atoms with Gasteiger partial charge in [-0.25, -0.2) is 4.79 Å². The number of aliphatic carboxylic acids is 1. The van der Waals surface area contributed by atoms with Crippen molar-refractivity contribution in [1.29, 1.82) is 0 Å². The van der Waals surface area contributed by atoms with Gasteiger partial charge in [0.25, 0.3) is 0 Å². The van der Waals surface area contributed by atoms with Crippen LogP contribution in [0.4, 0.5) is 0 Å². The van der Waals surface area contributed by atoms with E-state index in [1.807, 2.05) is 0 Å². The van der Waals surface area contributed by atoms with E-state index in [1.54, 1.807) is 24.3 Å². The van der Waals surface area contributed by atoms with Crippen LogP contribution in [0.5, 0.6) is 5.75 Å². The van der Waals surface area contributed by atoms with E-state index in [9.17, 15) is 4.79 Å². The summed E-state index contributed by atoms with van der Waals surface area (Å²) in [6.45, 7) is 0. The van der Waals surface area contributed by atoms with E-state index in [0.717, 1.165) is 0 Å². The molecule has 4 heteroatoms. The van der Waals surface area contributed by atoms with E-state index in [0.29, 0.717) is 11.3 Å². The van der Waals surface area contributed by atoms with Gasteiger partial charge in [-0.05, 0) is 6.07 Å².